The summed E-state index contributed by atoms with van der Waals surface area (Å²) in [6.45, 7) is 3.27. The van der Waals surface area contributed by atoms with E-state index >= 15 is 0 Å². The molecule has 2 fully saturated rings. The molecule has 0 aromatic heterocycles. The van der Waals surface area contributed by atoms with Gasteiger partial charge in [-0.15, -0.1) is 0 Å². The van der Waals surface area contributed by atoms with Crippen molar-refractivity contribution in [2.75, 3.05) is 60.5 Å². The number of rotatable bonds is 10. The highest BCUT2D eigenvalue weighted by molar-refractivity contribution is 5.87. The molecule has 0 spiro atoms. The number of carbonyl (C=O) groups excluding carboxylic acids is 3. The van der Waals surface area contributed by atoms with E-state index in [2.05, 4.69) is 43.3 Å². The largest absolute Gasteiger partial charge is 0.385 e. The molecule has 9 heteroatoms. The number of ether oxygens (including phenoxy) is 1. The Morgan fingerprint density at radius 2 is 1.78 bits per heavy atom. The second-order valence-electron chi connectivity index (χ2n) is 10.1. The van der Waals surface area contributed by atoms with Crippen LogP contribution in [0.25, 0.3) is 0 Å². The Balaban J connectivity index is 1.77. The lowest BCUT2D eigenvalue weighted by atomic mass is 9.81. The van der Waals surface area contributed by atoms with Gasteiger partial charge in [0.2, 0.25) is 11.8 Å². The van der Waals surface area contributed by atoms with E-state index in [-0.39, 0.29) is 23.9 Å². The summed E-state index contributed by atoms with van der Waals surface area (Å²) in [6, 6.07) is 9.97. The zero-order valence-corrected chi connectivity index (χ0v) is 22.2. The zero-order valence-electron chi connectivity index (χ0n) is 22.2. The van der Waals surface area contributed by atoms with Gasteiger partial charge in [-0.3, -0.25) is 14.5 Å². The maximum absolute atomic E-state index is 13.7. The molecule has 36 heavy (non-hydrogen) atoms. The number of benzene rings is 1. The zero-order chi connectivity index (χ0) is 26.1. The van der Waals surface area contributed by atoms with E-state index < -0.39 is 11.9 Å². The molecule has 0 radical (unpaired) electrons. The Morgan fingerprint density at radius 3 is 2.44 bits per heavy atom. The molecule has 200 valence electrons. The third kappa shape index (κ3) is 6.56. The van der Waals surface area contributed by atoms with E-state index in [1.807, 2.05) is 15.9 Å². The molecule has 4 amide bonds. The van der Waals surface area contributed by atoms with E-state index in [1.54, 1.807) is 12.0 Å². The van der Waals surface area contributed by atoms with Gasteiger partial charge in [0.15, 0.2) is 0 Å². The number of primary amides is 1. The Kier molecular flexibility index (Phi) is 10.1. The second-order valence-corrected chi connectivity index (χ2v) is 10.1. The average Bonchev–Trinajstić information content (AvgIpc) is 3.38. The lowest BCUT2D eigenvalue weighted by molar-refractivity contribution is -0.137. The van der Waals surface area contributed by atoms with Crippen LogP contribution in [0.5, 0.6) is 0 Å². The lowest BCUT2D eigenvalue weighted by Gasteiger charge is -2.41. The molecule has 0 bridgehead atoms. The first-order valence-corrected chi connectivity index (χ1v) is 13.1. The summed E-state index contributed by atoms with van der Waals surface area (Å²) >= 11 is 0. The van der Waals surface area contributed by atoms with E-state index in [0.717, 1.165) is 32.1 Å². The number of hydrogen-bond acceptors (Lipinski definition) is 5. The molecule has 3 rings (SSSR count). The van der Waals surface area contributed by atoms with Crippen LogP contribution in [0, 0.1) is 0 Å². The van der Waals surface area contributed by atoms with Crippen molar-refractivity contribution in [3.63, 3.8) is 0 Å². The van der Waals surface area contributed by atoms with Crippen LogP contribution in [-0.4, -0.2) is 104 Å². The summed E-state index contributed by atoms with van der Waals surface area (Å²) in [5.41, 5.74) is 6.57. The summed E-state index contributed by atoms with van der Waals surface area (Å²) < 4.78 is 5.24. The van der Waals surface area contributed by atoms with Gasteiger partial charge in [0.05, 0.1) is 0 Å². The van der Waals surface area contributed by atoms with E-state index in [4.69, 9.17) is 10.5 Å². The number of hydrogen-bond donors (Lipinski definition) is 1. The number of urea groups is 1. The molecule has 0 unspecified atom stereocenters. The van der Waals surface area contributed by atoms with Gasteiger partial charge in [-0.25, -0.2) is 4.79 Å². The van der Waals surface area contributed by atoms with E-state index in [0.29, 0.717) is 45.8 Å². The molecule has 2 heterocycles. The topological polar surface area (TPSA) is 99.4 Å². The fourth-order valence-electron chi connectivity index (χ4n) is 5.69. The molecule has 2 saturated heterocycles. The third-order valence-corrected chi connectivity index (χ3v) is 7.80. The summed E-state index contributed by atoms with van der Waals surface area (Å²) in [6.07, 6.45) is 4.90. The summed E-state index contributed by atoms with van der Waals surface area (Å²) in [5, 5.41) is 0. The quantitative estimate of drug-likeness (QED) is 0.496. The van der Waals surface area contributed by atoms with Crippen LogP contribution in [0.15, 0.2) is 30.3 Å². The van der Waals surface area contributed by atoms with Crippen LogP contribution in [0.4, 0.5) is 4.79 Å². The minimum atomic E-state index is -0.527. The van der Waals surface area contributed by atoms with Crippen molar-refractivity contribution in [1.82, 2.24) is 19.6 Å². The molecule has 1 aromatic rings. The van der Waals surface area contributed by atoms with Crippen molar-refractivity contribution in [3.8, 4) is 0 Å². The molecule has 2 N–H and O–H groups in total. The van der Waals surface area contributed by atoms with Crippen LogP contribution in [0.1, 0.15) is 50.5 Å². The molecule has 0 aliphatic carbocycles. The predicted octanol–water partition coefficient (Wildman–Crippen LogP) is 2.25. The fraction of sp³-hybridized carbons (Fsp3) is 0.667. The van der Waals surface area contributed by atoms with Crippen molar-refractivity contribution < 1.29 is 19.1 Å². The van der Waals surface area contributed by atoms with Gasteiger partial charge in [0, 0.05) is 58.4 Å². The standard InChI is InChI=1S/C27H43N5O4/c1-29(2)27(22-10-5-4-6-11-22)14-8-16-30(26(35)31(20-15-27)17-9-21-36-3)19-13-24(33)32-18-7-12-23(32)25(28)34/h4-6,10-11,23H,7-9,12-21H2,1-3H3,(H2,28,34)/t23-,27+/m1/s1. The highest BCUT2D eigenvalue weighted by Crippen LogP contribution is 2.36. The first-order chi connectivity index (χ1) is 17.3. The number of nitrogens with zero attached hydrogens (tertiary/aromatic N) is 4. The van der Waals surface area contributed by atoms with E-state index in [1.165, 1.54) is 5.56 Å². The minimum Gasteiger partial charge on any atom is -0.385 e. The molecular formula is C27H43N5O4. The normalized spacial score (nSPS) is 23.5. The van der Waals surface area contributed by atoms with Crippen LogP contribution in [-0.2, 0) is 19.9 Å². The fourth-order valence-corrected chi connectivity index (χ4v) is 5.69. The van der Waals surface area contributed by atoms with Gasteiger partial charge in [-0.2, -0.15) is 0 Å². The van der Waals surface area contributed by atoms with Crippen molar-refractivity contribution in [1.29, 1.82) is 0 Å². The smallest absolute Gasteiger partial charge is 0.320 e. The van der Waals surface area contributed by atoms with Crippen LogP contribution in [0.3, 0.4) is 0 Å². The van der Waals surface area contributed by atoms with Gasteiger partial charge >= 0.3 is 6.03 Å². The second kappa shape index (κ2) is 13.1. The van der Waals surface area contributed by atoms with E-state index in [9.17, 15) is 14.4 Å². The van der Waals surface area contributed by atoms with Crippen molar-refractivity contribution in [2.24, 2.45) is 5.73 Å². The van der Waals surface area contributed by atoms with Gasteiger partial charge in [-0.1, -0.05) is 30.3 Å². The Morgan fingerprint density at radius 1 is 1.06 bits per heavy atom. The number of carbonyl (C=O) groups is 3. The SMILES string of the molecule is COCCCN1CC[C@@](c2ccccc2)(N(C)C)CCCN(CCC(=O)N2CCC[C@@H]2C(N)=O)C1=O. The third-order valence-electron chi connectivity index (χ3n) is 7.80. The van der Waals surface area contributed by atoms with Crippen LogP contribution < -0.4 is 5.73 Å². The lowest BCUT2D eigenvalue weighted by Crippen LogP contribution is -2.48. The number of methoxy groups -OCH3 is 1. The highest BCUT2D eigenvalue weighted by atomic mass is 16.5. The highest BCUT2D eigenvalue weighted by Gasteiger charge is 2.38. The monoisotopic (exact) mass is 501 g/mol. The molecule has 2 aliphatic heterocycles. The minimum absolute atomic E-state index is 0.0330. The molecule has 2 aliphatic rings. The first kappa shape index (κ1) is 27.9. The van der Waals surface area contributed by atoms with Crippen molar-refractivity contribution >= 4 is 17.8 Å². The van der Waals surface area contributed by atoms with Gasteiger partial charge < -0.3 is 25.2 Å². The number of likely N-dealkylation sites (tertiary alicyclic amines) is 1. The van der Waals surface area contributed by atoms with Gasteiger partial charge in [-0.05, 0) is 58.2 Å². The molecule has 2 atom stereocenters. The summed E-state index contributed by atoms with van der Waals surface area (Å²) in [4.78, 5) is 46.0. The number of amides is 4. The van der Waals surface area contributed by atoms with Crippen molar-refractivity contribution in [3.05, 3.63) is 35.9 Å². The average molecular weight is 502 g/mol. The molecular weight excluding hydrogens is 458 g/mol. The predicted molar refractivity (Wildman–Crippen MR) is 139 cm³/mol. The Labute approximate surface area is 215 Å². The van der Waals surface area contributed by atoms with Gasteiger partial charge in [0.1, 0.15) is 6.04 Å². The first-order valence-electron chi connectivity index (χ1n) is 13.1. The molecule has 9 nitrogen and oxygen atoms in total. The van der Waals surface area contributed by atoms with Crippen molar-refractivity contribution in [2.45, 2.75) is 56.5 Å². The maximum atomic E-state index is 13.7. The summed E-state index contributed by atoms with van der Waals surface area (Å²) in [5.74, 6) is -0.563. The van der Waals surface area contributed by atoms with Gasteiger partial charge in [0.25, 0.3) is 0 Å². The Bertz CT molecular complexity index is 880. The maximum Gasteiger partial charge on any atom is 0.320 e. The number of nitrogens with two attached hydrogens (primary N) is 1. The molecule has 1 aromatic carbocycles. The van der Waals surface area contributed by atoms with Crippen LogP contribution >= 0.6 is 0 Å². The Hall–Kier alpha value is -2.65. The summed E-state index contributed by atoms with van der Waals surface area (Å²) in [7, 11) is 5.90. The molecule has 0 saturated carbocycles. The van der Waals surface area contributed by atoms with Crippen LogP contribution in [0.2, 0.25) is 0 Å².